The van der Waals surface area contributed by atoms with E-state index < -0.39 is 16.0 Å². The normalized spacial score (nSPS) is 11.4. The molecule has 0 unspecified atom stereocenters. The molecule has 0 radical (unpaired) electrons. The highest BCUT2D eigenvalue weighted by Crippen LogP contribution is 2.25. The molecule has 154 valence electrons. The minimum Gasteiger partial charge on any atom is -0.378 e. The summed E-state index contributed by atoms with van der Waals surface area (Å²) >= 11 is 9.21. The number of carbonyl (C=O) groups is 1. The molecule has 0 aromatic heterocycles. The highest BCUT2D eigenvalue weighted by Gasteiger charge is 2.18. The Labute approximate surface area is 187 Å². The lowest BCUT2D eigenvalue weighted by Crippen LogP contribution is -2.17. The van der Waals surface area contributed by atoms with Gasteiger partial charge in [-0.15, -0.1) is 0 Å². The van der Waals surface area contributed by atoms with Crippen LogP contribution in [0, 0.1) is 6.92 Å². The van der Waals surface area contributed by atoms with E-state index in [9.17, 15) is 13.2 Å². The molecule has 3 aromatic rings. The van der Waals surface area contributed by atoms with Crippen molar-refractivity contribution in [2.24, 2.45) is 5.10 Å². The molecule has 0 spiro atoms. The Morgan fingerprint density at radius 3 is 2.53 bits per heavy atom. The van der Waals surface area contributed by atoms with E-state index in [1.165, 1.54) is 30.5 Å². The van der Waals surface area contributed by atoms with Crippen molar-refractivity contribution < 1.29 is 17.4 Å². The molecule has 1 amide bonds. The Morgan fingerprint density at radius 1 is 1.10 bits per heavy atom. The molecule has 0 saturated carbocycles. The number of aryl methyl sites for hydroxylation is 1. The van der Waals surface area contributed by atoms with Crippen LogP contribution in [0.1, 0.15) is 21.5 Å². The molecular formula is C21H16BrClN2O4S. The number of rotatable bonds is 6. The highest BCUT2D eigenvalue weighted by molar-refractivity contribution is 9.10. The van der Waals surface area contributed by atoms with Gasteiger partial charge in [-0.05, 0) is 55.5 Å². The molecule has 30 heavy (non-hydrogen) atoms. The predicted molar refractivity (Wildman–Crippen MR) is 120 cm³/mol. The molecule has 0 atom stereocenters. The zero-order valence-corrected chi connectivity index (χ0v) is 18.8. The molecule has 0 aliphatic carbocycles. The Kier molecular flexibility index (Phi) is 6.91. The fraction of sp³-hybridized carbons (Fsp3) is 0.0476. The number of halogens is 2. The van der Waals surface area contributed by atoms with E-state index in [-0.39, 0.29) is 10.6 Å². The van der Waals surface area contributed by atoms with Gasteiger partial charge in [-0.1, -0.05) is 51.3 Å². The van der Waals surface area contributed by atoms with Crippen LogP contribution in [0.3, 0.4) is 0 Å². The van der Waals surface area contributed by atoms with Gasteiger partial charge < -0.3 is 4.18 Å². The predicted octanol–water partition coefficient (Wildman–Crippen LogP) is 4.94. The number of hydrogen-bond acceptors (Lipinski definition) is 5. The zero-order valence-electron chi connectivity index (χ0n) is 15.7. The summed E-state index contributed by atoms with van der Waals surface area (Å²) in [6.45, 7) is 1.86. The van der Waals surface area contributed by atoms with Gasteiger partial charge in [0.25, 0.3) is 5.91 Å². The number of carbonyl (C=O) groups excluding carboxylic acids is 1. The van der Waals surface area contributed by atoms with Crippen LogP contribution < -0.4 is 9.61 Å². The molecule has 9 heteroatoms. The van der Waals surface area contributed by atoms with Crippen LogP contribution in [0.25, 0.3) is 0 Å². The molecule has 3 rings (SSSR count). The van der Waals surface area contributed by atoms with Crippen LogP contribution >= 0.6 is 27.5 Å². The average Bonchev–Trinajstić information content (AvgIpc) is 2.70. The van der Waals surface area contributed by atoms with E-state index >= 15 is 0 Å². The second kappa shape index (κ2) is 9.42. The minimum atomic E-state index is -4.03. The molecular weight excluding hydrogens is 492 g/mol. The standard InChI is InChI=1S/C21H16BrClN2O4S/c1-14-5-8-19(9-6-14)30(27,28)29-20-10-7-17(22)11-16(20)13-24-25-21(26)15-3-2-4-18(23)12-15/h2-13H,1H3,(H,25,26)/b24-13-. The van der Waals surface area contributed by atoms with Crippen molar-refractivity contribution in [3.8, 4) is 5.75 Å². The van der Waals surface area contributed by atoms with Gasteiger partial charge in [-0.25, -0.2) is 5.43 Å². The quantitative estimate of drug-likeness (QED) is 0.291. The zero-order chi connectivity index (χ0) is 21.7. The number of amides is 1. The van der Waals surface area contributed by atoms with E-state index in [2.05, 4.69) is 26.5 Å². The van der Waals surface area contributed by atoms with Gasteiger partial charge in [0.15, 0.2) is 5.75 Å². The third kappa shape index (κ3) is 5.69. The number of nitrogens with one attached hydrogen (secondary N) is 1. The van der Waals surface area contributed by atoms with E-state index in [0.717, 1.165) is 5.56 Å². The van der Waals surface area contributed by atoms with Crippen LogP contribution in [-0.2, 0) is 10.1 Å². The molecule has 0 aliphatic rings. The minimum absolute atomic E-state index is 0.0353. The number of hydrogen-bond donors (Lipinski definition) is 1. The molecule has 0 saturated heterocycles. The fourth-order valence-corrected chi connectivity index (χ4v) is 3.94. The Bertz CT molecular complexity index is 1210. The maximum Gasteiger partial charge on any atom is 0.339 e. The largest absolute Gasteiger partial charge is 0.378 e. The van der Waals surface area contributed by atoms with Gasteiger partial charge in [0.1, 0.15) is 4.90 Å². The van der Waals surface area contributed by atoms with Crippen molar-refractivity contribution in [2.75, 3.05) is 0 Å². The van der Waals surface area contributed by atoms with Gasteiger partial charge in [0, 0.05) is 20.6 Å². The van der Waals surface area contributed by atoms with Crippen LogP contribution in [-0.4, -0.2) is 20.5 Å². The molecule has 0 fully saturated rings. The first-order valence-corrected chi connectivity index (χ1v) is 11.2. The summed E-state index contributed by atoms with van der Waals surface area (Å²) in [5, 5.41) is 4.33. The molecule has 3 aromatic carbocycles. The second-order valence-corrected chi connectivity index (χ2v) is 9.14. The second-order valence-electron chi connectivity index (χ2n) is 6.24. The van der Waals surface area contributed by atoms with E-state index in [1.54, 1.807) is 42.5 Å². The number of nitrogens with zero attached hydrogens (tertiary/aromatic N) is 1. The van der Waals surface area contributed by atoms with Crippen molar-refractivity contribution >= 4 is 49.8 Å². The van der Waals surface area contributed by atoms with E-state index in [4.69, 9.17) is 15.8 Å². The number of benzene rings is 3. The summed E-state index contributed by atoms with van der Waals surface area (Å²) in [5.74, 6) is -0.391. The monoisotopic (exact) mass is 506 g/mol. The van der Waals surface area contributed by atoms with Crippen LogP contribution in [0.15, 0.2) is 81.2 Å². The van der Waals surface area contributed by atoms with Gasteiger partial charge in [-0.2, -0.15) is 13.5 Å². The first-order chi connectivity index (χ1) is 14.2. The smallest absolute Gasteiger partial charge is 0.339 e. The van der Waals surface area contributed by atoms with Gasteiger partial charge in [0.05, 0.1) is 6.21 Å². The molecule has 0 bridgehead atoms. The molecule has 6 nitrogen and oxygen atoms in total. The lowest BCUT2D eigenvalue weighted by Gasteiger charge is -2.10. The van der Waals surface area contributed by atoms with Crippen molar-refractivity contribution in [3.05, 3.63) is 92.9 Å². The van der Waals surface area contributed by atoms with Crippen molar-refractivity contribution in [3.63, 3.8) is 0 Å². The van der Waals surface area contributed by atoms with Crippen molar-refractivity contribution in [2.45, 2.75) is 11.8 Å². The lowest BCUT2D eigenvalue weighted by molar-refractivity contribution is 0.0955. The van der Waals surface area contributed by atoms with Crippen molar-refractivity contribution in [1.29, 1.82) is 0 Å². The highest BCUT2D eigenvalue weighted by atomic mass is 79.9. The summed E-state index contributed by atoms with van der Waals surface area (Å²) < 4.78 is 31.2. The van der Waals surface area contributed by atoms with E-state index in [1.807, 2.05) is 6.92 Å². The van der Waals surface area contributed by atoms with Gasteiger partial charge in [-0.3, -0.25) is 4.79 Å². The van der Waals surface area contributed by atoms with Crippen LogP contribution in [0.2, 0.25) is 5.02 Å². The Balaban J connectivity index is 1.80. The third-order valence-corrected chi connectivity index (χ3v) is 5.91. The Morgan fingerprint density at radius 2 is 1.83 bits per heavy atom. The Hall–Kier alpha value is -2.68. The summed E-state index contributed by atoms with van der Waals surface area (Å²) in [5.41, 5.74) is 4.00. The maximum absolute atomic E-state index is 12.6. The first kappa shape index (κ1) is 22.0. The summed E-state index contributed by atoms with van der Waals surface area (Å²) in [6.07, 6.45) is 1.30. The average molecular weight is 508 g/mol. The maximum atomic E-state index is 12.6. The molecule has 1 N–H and O–H groups in total. The summed E-state index contributed by atoms with van der Waals surface area (Å²) in [6, 6.07) is 17.5. The van der Waals surface area contributed by atoms with Crippen LogP contribution in [0.5, 0.6) is 5.75 Å². The van der Waals surface area contributed by atoms with Gasteiger partial charge >= 0.3 is 10.1 Å². The summed E-state index contributed by atoms with van der Waals surface area (Å²) in [4.78, 5) is 12.2. The van der Waals surface area contributed by atoms with E-state index in [0.29, 0.717) is 20.6 Å². The molecule has 0 heterocycles. The van der Waals surface area contributed by atoms with Gasteiger partial charge in [0.2, 0.25) is 0 Å². The third-order valence-electron chi connectivity index (χ3n) is 3.94. The lowest BCUT2D eigenvalue weighted by atomic mass is 10.2. The fourth-order valence-electron chi connectivity index (χ4n) is 2.42. The van der Waals surface area contributed by atoms with Crippen molar-refractivity contribution in [1.82, 2.24) is 5.43 Å². The SMILES string of the molecule is Cc1ccc(S(=O)(=O)Oc2ccc(Br)cc2/C=N\NC(=O)c2cccc(Cl)c2)cc1. The first-order valence-electron chi connectivity index (χ1n) is 8.64. The molecule has 0 aliphatic heterocycles. The van der Waals surface area contributed by atoms with Crippen LogP contribution in [0.4, 0.5) is 0 Å². The number of hydrazone groups is 1. The topological polar surface area (TPSA) is 84.8 Å². The summed E-state index contributed by atoms with van der Waals surface area (Å²) in [7, 11) is -4.03.